The molecular formula is C22H20Cl2N3O. The number of benzene rings is 2. The Balaban J connectivity index is 1.51. The second kappa shape index (κ2) is 7.11. The highest BCUT2D eigenvalue weighted by Gasteiger charge is 2.33. The number of phenolic OH excluding ortho intramolecular Hbond substituents is 1. The van der Waals surface area contributed by atoms with Gasteiger partial charge in [-0.15, -0.1) is 0 Å². The minimum absolute atomic E-state index is 0.0919. The third-order valence-corrected chi connectivity index (χ3v) is 6.43. The molecule has 2 aliphatic rings. The quantitative estimate of drug-likeness (QED) is 0.538. The van der Waals surface area contributed by atoms with Gasteiger partial charge in [0.1, 0.15) is 0 Å². The molecule has 2 bridgehead atoms. The van der Waals surface area contributed by atoms with Crippen molar-refractivity contribution in [3.05, 3.63) is 52.6 Å². The van der Waals surface area contributed by atoms with Gasteiger partial charge in [-0.25, -0.2) is 0 Å². The van der Waals surface area contributed by atoms with Gasteiger partial charge in [-0.2, -0.15) is 0 Å². The Morgan fingerprint density at radius 1 is 1.04 bits per heavy atom. The van der Waals surface area contributed by atoms with E-state index < -0.39 is 0 Å². The van der Waals surface area contributed by atoms with Crippen molar-refractivity contribution < 1.29 is 5.11 Å². The summed E-state index contributed by atoms with van der Waals surface area (Å²) in [5.74, 6) is -0.0919. The number of rotatable bonds is 3. The number of anilines is 1. The van der Waals surface area contributed by atoms with Crippen molar-refractivity contribution in [2.75, 3.05) is 5.32 Å². The lowest BCUT2D eigenvalue weighted by Gasteiger charge is -2.30. The van der Waals surface area contributed by atoms with Crippen LogP contribution in [0.5, 0.6) is 5.75 Å². The summed E-state index contributed by atoms with van der Waals surface area (Å²) in [7, 11) is 0. The van der Waals surface area contributed by atoms with E-state index in [2.05, 4.69) is 27.8 Å². The van der Waals surface area contributed by atoms with Crippen molar-refractivity contribution in [1.82, 2.24) is 10.3 Å². The predicted molar refractivity (Wildman–Crippen MR) is 114 cm³/mol. The van der Waals surface area contributed by atoms with Crippen molar-refractivity contribution in [3.8, 4) is 16.9 Å². The summed E-state index contributed by atoms with van der Waals surface area (Å²) in [6.07, 6.45) is 6.55. The van der Waals surface area contributed by atoms with Gasteiger partial charge in [0.15, 0.2) is 5.75 Å². The van der Waals surface area contributed by atoms with Crippen molar-refractivity contribution in [2.45, 2.75) is 43.8 Å². The van der Waals surface area contributed by atoms with Gasteiger partial charge in [-0.05, 0) is 61.1 Å². The molecule has 0 amide bonds. The van der Waals surface area contributed by atoms with Crippen molar-refractivity contribution in [2.24, 2.45) is 0 Å². The fraction of sp³-hybridized carbons (Fsp3) is 0.318. The SMILES string of the molecule is Oc1c(Cl)cc(-c2ccc3nc[c]c(N[C@H]4C[C@H]5CC[C@@H](C4)N5)c3c2)cc1Cl. The number of nitrogens with zero attached hydrogens (tertiary/aromatic N) is 1. The first-order valence-electron chi connectivity index (χ1n) is 9.58. The third kappa shape index (κ3) is 3.30. The van der Waals surface area contributed by atoms with Crippen LogP contribution in [0.2, 0.25) is 10.0 Å². The number of pyridine rings is 1. The summed E-state index contributed by atoms with van der Waals surface area (Å²) in [6, 6.07) is 14.5. The normalized spacial score (nSPS) is 23.9. The Kier molecular flexibility index (Phi) is 4.58. The summed E-state index contributed by atoms with van der Waals surface area (Å²) in [5.41, 5.74) is 3.71. The van der Waals surface area contributed by atoms with Gasteiger partial charge in [-0.3, -0.25) is 4.98 Å². The maximum Gasteiger partial charge on any atom is 0.152 e. The highest BCUT2D eigenvalue weighted by molar-refractivity contribution is 6.37. The van der Waals surface area contributed by atoms with Crippen molar-refractivity contribution in [3.63, 3.8) is 0 Å². The lowest BCUT2D eigenvalue weighted by molar-refractivity contribution is 0.378. The van der Waals surface area contributed by atoms with Crippen LogP contribution in [-0.4, -0.2) is 28.2 Å². The summed E-state index contributed by atoms with van der Waals surface area (Å²) in [4.78, 5) is 4.46. The molecule has 2 aromatic carbocycles. The molecule has 4 nitrogen and oxygen atoms in total. The number of aromatic nitrogens is 1. The Hall–Kier alpha value is -2.01. The van der Waals surface area contributed by atoms with Crippen LogP contribution >= 0.6 is 23.2 Å². The average Bonchev–Trinajstić information content (AvgIpc) is 3.04. The number of halogens is 2. The fourth-order valence-electron chi connectivity index (χ4n) is 4.50. The minimum atomic E-state index is -0.0919. The highest BCUT2D eigenvalue weighted by Crippen LogP contribution is 2.38. The summed E-state index contributed by atoms with van der Waals surface area (Å²) < 4.78 is 0. The second-order valence-corrected chi connectivity index (χ2v) is 8.56. The Bertz CT molecular complexity index is 1020. The first-order chi connectivity index (χ1) is 13.6. The monoisotopic (exact) mass is 412 g/mol. The zero-order valence-electron chi connectivity index (χ0n) is 15.2. The van der Waals surface area contributed by atoms with E-state index in [0.717, 1.165) is 40.6 Å². The zero-order chi connectivity index (χ0) is 19.3. The zero-order valence-corrected chi connectivity index (χ0v) is 16.7. The van der Waals surface area contributed by atoms with Crippen molar-refractivity contribution >= 4 is 39.8 Å². The molecule has 2 aliphatic heterocycles. The number of hydrogen-bond acceptors (Lipinski definition) is 4. The molecule has 3 atom stereocenters. The molecule has 0 aliphatic carbocycles. The van der Waals surface area contributed by atoms with E-state index in [1.165, 1.54) is 12.8 Å². The molecule has 1 aromatic heterocycles. The Morgan fingerprint density at radius 3 is 2.46 bits per heavy atom. The molecule has 2 fully saturated rings. The first kappa shape index (κ1) is 18.0. The van der Waals surface area contributed by atoms with E-state index in [1.54, 1.807) is 18.3 Å². The Labute approximate surface area is 173 Å². The summed E-state index contributed by atoms with van der Waals surface area (Å²) in [6.45, 7) is 0. The topological polar surface area (TPSA) is 57.2 Å². The number of nitrogens with one attached hydrogen (secondary N) is 2. The number of fused-ring (bicyclic) bond motifs is 3. The predicted octanol–water partition coefficient (Wildman–Crippen LogP) is 5.41. The number of piperidine rings is 1. The molecule has 6 heteroatoms. The molecule has 28 heavy (non-hydrogen) atoms. The molecule has 3 heterocycles. The van der Waals surface area contributed by atoms with Gasteiger partial charge in [0.25, 0.3) is 0 Å². The molecule has 0 spiro atoms. The number of hydrogen-bond donors (Lipinski definition) is 3. The molecule has 0 unspecified atom stereocenters. The van der Waals surface area contributed by atoms with Gasteiger partial charge in [-0.1, -0.05) is 29.3 Å². The van der Waals surface area contributed by atoms with Crippen LogP contribution < -0.4 is 10.6 Å². The molecule has 1 radical (unpaired) electrons. The molecule has 3 N–H and O–H groups in total. The lowest BCUT2D eigenvalue weighted by atomic mass is 9.98. The van der Waals surface area contributed by atoms with E-state index in [4.69, 9.17) is 23.2 Å². The molecule has 2 saturated heterocycles. The largest absolute Gasteiger partial charge is 0.505 e. The molecule has 143 valence electrons. The summed E-state index contributed by atoms with van der Waals surface area (Å²) >= 11 is 12.2. The van der Waals surface area contributed by atoms with E-state index in [9.17, 15) is 5.11 Å². The van der Waals surface area contributed by atoms with Gasteiger partial charge >= 0.3 is 0 Å². The van der Waals surface area contributed by atoms with Gasteiger partial charge in [0, 0.05) is 35.8 Å². The van der Waals surface area contributed by atoms with E-state index >= 15 is 0 Å². The van der Waals surface area contributed by atoms with Crippen LogP contribution in [0.15, 0.2) is 36.5 Å². The van der Waals surface area contributed by atoms with Gasteiger partial charge in [0.05, 0.1) is 21.2 Å². The number of aromatic hydroxyl groups is 1. The third-order valence-electron chi connectivity index (χ3n) is 5.85. The van der Waals surface area contributed by atoms with E-state index in [-0.39, 0.29) is 15.8 Å². The second-order valence-electron chi connectivity index (χ2n) is 7.75. The van der Waals surface area contributed by atoms with E-state index in [1.807, 2.05) is 12.1 Å². The van der Waals surface area contributed by atoms with E-state index in [0.29, 0.717) is 18.1 Å². The van der Waals surface area contributed by atoms with Gasteiger partial charge < -0.3 is 15.7 Å². The van der Waals surface area contributed by atoms with Crippen LogP contribution in [0.4, 0.5) is 5.69 Å². The fourth-order valence-corrected chi connectivity index (χ4v) is 4.99. The maximum absolute atomic E-state index is 9.83. The van der Waals surface area contributed by atoms with Crippen LogP contribution in [0.3, 0.4) is 0 Å². The molecule has 0 saturated carbocycles. The number of phenols is 1. The van der Waals surface area contributed by atoms with Crippen LogP contribution in [0.1, 0.15) is 25.7 Å². The standard InChI is InChI=1S/C22H20Cl2N3O/c23-18-8-13(9-19(24)22(18)28)12-1-4-20-17(7-12)21(5-6-25-20)27-16-10-14-2-3-15(11-16)26-14/h1,4,6-9,14-16,26,28H,2-3,10-11H2,(H,25,27)/t14-,15+,16+. The first-order valence-corrected chi connectivity index (χ1v) is 10.3. The lowest BCUT2D eigenvalue weighted by Crippen LogP contribution is -2.43. The van der Waals surface area contributed by atoms with Crippen molar-refractivity contribution in [1.29, 1.82) is 0 Å². The van der Waals surface area contributed by atoms with Crippen LogP contribution in [0.25, 0.3) is 22.0 Å². The summed E-state index contributed by atoms with van der Waals surface area (Å²) in [5, 5.41) is 18.7. The average molecular weight is 413 g/mol. The highest BCUT2D eigenvalue weighted by atomic mass is 35.5. The molecular weight excluding hydrogens is 393 g/mol. The van der Waals surface area contributed by atoms with Crippen LogP contribution in [-0.2, 0) is 0 Å². The molecule has 5 rings (SSSR count). The minimum Gasteiger partial charge on any atom is -0.505 e. The molecule has 3 aromatic rings. The maximum atomic E-state index is 9.83. The Morgan fingerprint density at radius 2 is 1.75 bits per heavy atom. The smallest absolute Gasteiger partial charge is 0.152 e. The van der Waals surface area contributed by atoms with Gasteiger partial charge in [0.2, 0.25) is 0 Å². The van der Waals surface area contributed by atoms with Crippen LogP contribution in [0, 0.1) is 6.07 Å².